The van der Waals surface area contributed by atoms with Crippen LogP contribution >= 0.6 is 7.60 Å². The molecule has 0 fully saturated rings. The van der Waals surface area contributed by atoms with Gasteiger partial charge in [0.15, 0.2) is 5.66 Å². The highest BCUT2D eigenvalue weighted by atomic mass is 31.2. The quantitative estimate of drug-likeness (QED) is 0.384. The van der Waals surface area contributed by atoms with Gasteiger partial charge in [0, 0.05) is 6.54 Å². The second kappa shape index (κ2) is 3.12. The standard InChI is InChI=1S/C3H8NO5P/c4-1-2(3(5)6)10(7,8)9/h2H,1,4H2,(H,5,6)(H2,7,8,9). The van der Waals surface area contributed by atoms with Gasteiger partial charge in [-0.05, 0) is 0 Å². The Hall–Kier alpha value is -0.420. The minimum atomic E-state index is -4.56. The first kappa shape index (κ1) is 9.58. The first-order chi connectivity index (χ1) is 4.39. The second-order valence-electron chi connectivity index (χ2n) is 1.68. The minimum Gasteiger partial charge on any atom is -0.481 e. The Balaban J connectivity index is 4.38. The maximum Gasteiger partial charge on any atom is 0.341 e. The Morgan fingerprint density at radius 3 is 2.00 bits per heavy atom. The topological polar surface area (TPSA) is 121 Å². The van der Waals surface area contributed by atoms with Crippen LogP contribution in [0.1, 0.15) is 0 Å². The number of rotatable bonds is 3. The molecule has 0 spiro atoms. The predicted molar refractivity (Wildman–Crippen MR) is 32.5 cm³/mol. The van der Waals surface area contributed by atoms with Crippen LogP contribution in [0.25, 0.3) is 0 Å². The summed E-state index contributed by atoms with van der Waals surface area (Å²) in [5.74, 6) is -1.57. The van der Waals surface area contributed by atoms with E-state index in [2.05, 4.69) is 0 Å². The summed E-state index contributed by atoms with van der Waals surface area (Å²) in [5, 5.41) is 8.14. The van der Waals surface area contributed by atoms with Gasteiger partial charge >= 0.3 is 13.6 Å². The number of aliphatic carboxylic acids is 1. The first-order valence-corrected chi connectivity index (χ1v) is 4.06. The summed E-state index contributed by atoms with van der Waals surface area (Å²) >= 11 is 0. The molecule has 0 aromatic rings. The van der Waals surface area contributed by atoms with Crippen LogP contribution in [0.2, 0.25) is 0 Å². The molecular weight excluding hydrogens is 161 g/mol. The van der Waals surface area contributed by atoms with E-state index in [0.29, 0.717) is 0 Å². The van der Waals surface area contributed by atoms with Crippen molar-refractivity contribution >= 4 is 13.6 Å². The molecule has 0 radical (unpaired) electrons. The van der Waals surface area contributed by atoms with Crippen LogP contribution in [0, 0.1) is 0 Å². The van der Waals surface area contributed by atoms with Crippen molar-refractivity contribution in [3.63, 3.8) is 0 Å². The molecule has 60 valence electrons. The van der Waals surface area contributed by atoms with E-state index in [1.165, 1.54) is 0 Å². The van der Waals surface area contributed by atoms with Crippen molar-refractivity contribution in [3.8, 4) is 0 Å². The third-order valence-electron chi connectivity index (χ3n) is 0.914. The maximum absolute atomic E-state index is 10.2. The van der Waals surface area contributed by atoms with Crippen molar-refractivity contribution in [3.05, 3.63) is 0 Å². The molecule has 0 rings (SSSR count). The predicted octanol–water partition coefficient (Wildman–Crippen LogP) is -1.42. The monoisotopic (exact) mass is 169 g/mol. The number of carbonyl (C=O) groups is 1. The van der Waals surface area contributed by atoms with E-state index in [1.54, 1.807) is 0 Å². The highest BCUT2D eigenvalue weighted by Gasteiger charge is 2.33. The molecule has 0 aromatic carbocycles. The van der Waals surface area contributed by atoms with Gasteiger partial charge in [-0.2, -0.15) is 0 Å². The summed E-state index contributed by atoms with van der Waals surface area (Å²) in [5.41, 5.74) is 3.02. The van der Waals surface area contributed by atoms with E-state index in [1.807, 2.05) is 0 Å². The van der Waals surface area contributed by atoms with Crippen molar-refractivity contribution in [2.75, 3.05) is 6.54 Å². The van der Waals surface area contributed by atoms with Gasteiger partial charge in [-0.25, -0.2) is 0 Å². The maximum atomic E-state index is 10.2. The van der Waals surface area contributed by atoms with E-state index in [9.17, 15) is 9.36 Å². The zero-order valence-corrected chi connectivity index (χ0v) is 5.86. The summed E-state index contributed by atoms with van der Waals surface area (Å²) < 4.78 is 10.2. The normalized spacial score (nSPS) is 14.7. The molecule has 5 N–H and O–H groups in total. The lowest BCUT2D eigenvalue weighted by Gasteiger charge is -2.09. The van der Waals surface area contributed by atoms with Gasteiger partial charge in [-0.15, -0.1) is 0 Å². The summed E-state index contributed by atoms with van der Waals surface area (Å²) in [6, 6.07) is 0. The van der Waals surface area contributed by atoms with E-state index >= 15 is 0 Å². The molecule has 7 heteroatoms. The Kier molecular flexibility index (Phi) is 2.98. The van der Waals surface area contributed by atoms with E-state index in [4.69, 9.17) is 20.6 Å². The third kappa shape index (κ3) is 2.45. The molecule has 10 heavy (non-hydrogen) atoms. The van der Waals surface area contributed by atoms with Gasteiger partial charge in [0.25, 0.3) is 0 Å². The Bertz CT molecular complexity index is 174. The van der Waals surface area contributed by atoms with Crippen molar-refractivity contribution < 1.29 is 24.3 Å². The van der Waals surface area contributed by atoms with Gasteiger partial charge in [-0.1, -0.05) is 0 Å². The van der Waals surface area contributed by atoms with Crippen molar-refractivity contribution in [2.24, 2.45) is 5.73 Å². The second-order valence-corrected chi connectivity index (χ2v) is 3.48. The number of carboxylic acids is 1. The number of hydrogen-bond donors (Lipinski definition) is 4. The van der Waals surface area contributed by atoms with Crippen LogP contribution < -0.4 is 5.73 Å². The Labute approximate surface area is 56.8 Å². The summed E-state index contributed by atoms with van der Waals surface area (Å²) in [6.45, 7) is -0.556. The van der Waals surface area contributed by atoms with Gasteiger partial charge in [0.2, 0.25) is 0 Å². The molecule has 0 heterocycles. The van der Waals surface area contributed by atoms with Crippen LogP contribution in [0.3, 0.4) is 0 Å². The summed E-state index contributed by atoms with van der Waals surface area (Å²) in [6.07, 6.45) is 0. The SMILES string of the molecule is NCC(C(=O)O)P(=O)(O)O. The fourth-order valence-electron chi connectivity index (χ4n) is 0.382. The first-order valence-electron chi connectivity index (χ1n) is 2.37. The molecule has 0 amide bonds. The molecular formula is C3H8NO5P. The number of carboxylic acid groups (broad SMARTS) is 1. The molecule has 0 saturated carbocycles. The van der Waals surface area contributed by atoms with Crippen LogP contribution in [-0.2, 0) is 9.36 Å². The largest absolute Gasteiger partial charge is 0.481 e. The molecule has 0 aliphatic carbocycles. The zero-order valence-electron chi connectivity index (χ0n) is 4.97. The molecule has 0 saturated heterocycles. The van der Waals surface area contributed by atoms with E-state index in [-0.39, 0.29) is 0 Å². The molecule has 6 nitrogen and oxygen atoms in total. The van der Waals surface area contributed by atoms with E-state index in [0.717, 1.165) is 0 Å². The number of nitrogens with two attached hydrogens (primary N) is 1. The van der Waals surface area contributed by atoms with Crippen molar-refractivity contribution in [1.29, 1.82) is 0 Å². The molecule has 1 atom stereocenters. The van der Waals surface area contributed by atoms with Crippen LogP contribution in [-0.4, -0.2) is 33.1 Å². The van der Waals surface area contributed by atoms with Gasteiger partial charge in [-0.3, -0.25) is 9.36 Å². The third-order valence-corrected chi connectivity index (χ3v) is 2.16. The molecule has 0 bridgehead atoms. The van der Waals surface area contributed by atoms with Crippen molar-refractivity contribution in [1.82, 2.24) is 0 Å². The molecule has 0 aliphatic rings. The smallest absolute Gasteiger partial charge is 0.341 e. The van der Waals surface area contributed by atoms with Gasteiger partial charge < -0.3 is 20.6 Å². The fraction of sp³-hybridized carbons (Fsp3) is 0.667. The number of hydrogen-bond acceptors (Lipinski definition) is 3. The molecule has 0 aromatic heterocycles. The minimum absolute atomic E-state index is 0.556. The van der Waals surface area contributed by atoms with E-state index < -0.39 is 25.8 Å². The lowest BCUT2D eigenvalue weighted by atomic mass is 10.4. The highest BCUT2D eigenvalue weighted by Crippen LogP contribution is 2.40. The van der Waals surface area contributed by atoms with Crippen LogP contribution in [0.15, 0.2) is 0 Å². The Morgan fingerprint density at radius 1 is 1.60 bits per heavy atom. The van der Waals surface area contributed by atoms with Crippen LogP contribution in [0.5, 0.6) is 0 Å². The van der Waals surface area contributed by atoms with Gasteiger partial charge in [0.05, 0.1) is 0 Å². The summed E-state index contributed by atoms with van der Waals surface area (Å²) in [4.78, 5) is 26.6. The zero-order chi connectivity index (χ0) is 8.36. The fourth-order valence-corrected chi connectivity index (χ4v) is 0.944. The lowest BCUT2D eigenvalue weighted by molar-refractivity contribution is -0.136. The average molecular weight is 169 g/mol. The van der Waals surface area contributed by atoms with Gasteiger partial charge in [0.1, 0.15) is 0 Å². The molecule has 0 aliphatic heterocycles. The summed E-state index contributed by atoms with van der Waals surface area (Å²) in [7, 11) is -4.56. The molecule has 1 unspecified atom stereocenters. The van der Waals surface area contributed by atoms with Crippen molar-refractivity contribution in [2.45, 2.75) is 5.66 Å². The average Bonchev–Trinajstić information content (AvgIpc) is 1.60. The highest BCUT2D eigenvalue weighted by molar-refractivity contribution is 7.53. The van der Waals surface area contributed by atoms with Crippen LogP contribution in [0.4, 0.5) is 0 Å². The lowest BCUT2D eigenvalue weighted by Crippen LogP contribution is -2.28. The Morgan fingerprint density at radius 2 is 2.00 bits per heavy atom.